The van der Waals surface area contributed by atoms with E-state index in [-0.39, 0.29) is 12.3 Å². The van der Waals surface area contributed by atoms with Crippen molar-refractivity contribution in [2.45, 2.75) is 25.8 Å². The lowest BCUT2D eigenvalue weighted by Crippen LogP contribution is -2.34. The van der Waals surface area contributed by atoms with Gasteiger partial charge in [0.25, 0.3) is 0 Å². The molecule has 0 aliphatic carbocycles. The summed E-state index contributed by atoms with van der Waals surface area (Å²) in [6, 6.07) is 3.87. The summed E-state index contributed by atoms with van der Waals surface area (Å²) >= 11 is 0. The highest BCUT2D eigenvalue weighted by Crippen LogP contribution is 2.43. The van der Waals surface area contributed by atoms with Crippen LogP contribution in [0.5, 0.6) is 17.2 Å². The number of nitrogens with two attached hydrogens (primary N) is 1. The van der Waals surface area contributed by atoms with Gasteiger partial charge in [-0.25, -0.2) is 0 Å². The van der Waals surface area contributed by atoms with Crippen LogP contribution in [-0.2, 0) is 6.42 Å². The molecule has 1 aromatic carbocycles. The molecule has 0 saturated heterocycles. The van der Waals surface area contributed by atoms with E-state index in [1.165, 1.54) is 0 Å². The predicted octanol–water partition coefficient (Wildman–Crippen LogP) is 1.70. The third-order valence-electron chi connectivity index (χ3n) is 2.43. The minimum Gasteiger partial charge on any atom is -0.492 e. The lowest BCUT2D eigenvalue weighted by molar-refractivity contribution is 0.171. The Morgan fingerprint density at radius 1 is 1.38 bits per heavy atom. The number of hydrogen-bond acceptors (Lipinski definition) is 4. The van der Waals surface area contributed by atoms with Crippen molar-refractivity contribution in [1.82, 2.24) is 0 Å². The first-order valence-corrected chi connectivity index (χ1v) is 5.25. The SMILES string of the molecule is COc1c(CC(C)(C)N)ccc2c1OCO2. The Balaban J connectivity index is 2.39. The van der Waals surface area contributed by atoms with Gasteiger partial charge in [0.05, 0.1) is 7.11 Å². The van der Waals surface area contributed by atoms with Crippen molar-refractivity contribution in [3.05, 3.63) is 17.7 Å². The molecule has 1 aromatic rings. The predicted molar refractivity (Wildman–Crippen MR) is 61.1 cm³/mol. The molecule has 88 valence electrons. The molecular formula is C12H17NO3. The normalized spacial score (nSPS) is 14.0. The lowest BCUT2D eigenvalue weighted by Gasteiger charge is -2.20. The minimum atomic E-state index is -0.277. The molecule has 16 heavy (non-hydrogen) atoms. The van der Waals surface area contributed by atoms with E-state index in [2.05, 4.69) is 0 Å². The average molecular weight is 223 g/mol. The van der Waals surface area contributed by atoms with Gasteiger partial charge in [-0.15, -0.1) is 0 Å². The molecule has 2 N–H and O–H groups in total. The Bertz CT molecular complexity index is 396. The van der Waals surface area contributed by atoms with Gasteiger partial charge in [0.15, 0.2) is 11.5 Å². The van der Waals surface area contributed by atoms with Crippen molar-refractivity contribution in [3.8, 4) is 17.2 Å². The van der Waals surface area contributed by atoms with Gasteiger partial charge in [-0.3, -0.25) is 0 Å². The first-order valence-electron chi connectivity index (χ1n) is 5.25. The van der Waals surface area contributed by atoms with E-state index in [9.17, 15) is 0 Å². The van der Waals surface area contributed by atoms with Crippen LogP contribution in [0.25, 0.3) is 0 Å². The van der Waals surface area contributed by atoms with Gasteiger partial charge in [0.2, 0.25) is 12.5 Å². The molecule has 0 radical (unpaired) electrons. The molecule has 0 saturated carbocycles. The third-order valence-corrected chi connectivity index (χ3v) is 2.43. The van der Waals surface area contributed by atoms with E-state index in [0.29, 0.717) is 5.75 Å². The molecule has 1 heterocycles. The Morgan fingerprint density at radius 3 is 2.75 bits per heavy atom. The van der Waals surface area contributed by atoms with Crippen molar-refractivity contribution in [1.29, 1.82) is 0 Å². The van der Waals surface area contributed by atoms with Gasteiger partial charge < -0.3 is 19.9 Å². The topological polar surface area (TPSA) is 53.7 Å². The molecule has 4 heteroatoms. The molecule has 4 nitrogen and oxygen atoms in total. The minimum absolute atomic E-state index is 0.251. The second-order valence-electron chi connectivity index (χ2n) is 4.66. The molecule has 0 unspecified atom stereocenters. The van der Waals surface area contributed by atoms with Crippen LogP contribution in [-0.4, -0.2) is 19.4 Å². The molecule has 0 spiro atoms. The molecule has 1 aliphatic heterocycles. The Kier molecular flexibility index (Phi) is 2.68. The zero-order valence-electron chi connectivity index (χ0n) is 9.87. The molecule has 0 aromatic heterocycles. The summed E-state index contributed by atoms with van der Waals surface area (Å²) in [7, 11) is 1.63. The van der Waals surface area contributed by atoms with E-state index in [1.54, 1.807) is 7.11 Å². The maximum absolute atomic E-state index is 6.01. The van der Waals surface area contributed by atoms with Crippen LogP contribution >= 0.6 is 0 Å². The molecular weight excluding hydrogens is 206 g/mol. The number of fused-ring (bicyclic) bond motifs is 1. The maximum atomic E-state index is 6.01. The van der Waals surface area contributed by atoms with Gasteiger partial charge in [-0.1, -0.05) is 6.07 Å². The number of ether oxygens (including phenoxy) is 3. The van der Waals surface area contributed by atoms with E-state index < -0.39 is 0 Å². The fourth-order valence-electron chi connectivity index (χ4n) is 1.84. The van der Waals surface area contributed by atoms with Crippen LogP contribution in [0.15, 0.2) is 12.1 Å². The van der Waals surface area contributed by atoms with Crippen molar-refractivity contribution in [3.63, 3.8) is 0 Å². The van der Waals surface area contributed by atoms with E-state index in [0.717, 1.165) is 23.5 Å². The summed E-state index contributed by atoms with van der Waals surface area (Å²) in [4.78, 5) is 0. The fraction of sp³-hybridized carbons (Fsp3) is 0.500. The molecule has 0 bridgehead atoms. The molecule has 0 amide bonds. The van der Waals surface area contributed by atoms with Gasteiger partial charge in [-0.2, -0.15) is 0 Å². The van der Waals surface area contributed by atoms with Crippen molar-refractivity contribution in [2.75, 3.05) is 13.9 Å². The highest BCUT2D eigenvalue weighted by Gasteiger charge is 2.24. The highest BCUT2D eigenvalue weighted by atomic mass is 16.7. The zero-order valence-corrected chi connectivity index (χ0v) is 9.87. The smallest absolute Gasteiger partial charge is 0.231 e. The largest absolute Gasteiger partial charge is 0.492 e. The summed E-state index contributed by atoms with van der Waals surface area (Å²) in [5.74, 6) is 2.15. The Labute approximate surface area is 95.3 Å². The van der Waals surface area contributed by atoms with Crippen molar-refractivity contribution >= 4 is 0 Å². The van der Waals surface area contributed by atoms with E-state index >= 15 is 0 Å². The van der Waals surface area contributed by atoms with Crippen LogP contribution in [0, 0.1) is 0 Å². The van der Waals surface area contributed by atoms with Crippen LogP contribution in [0.2, 0.25) is 0 Å². The number of methoxy groups -OCH3 is 1. The van der Waals surface area contributed by atoms with Gasteiger partial charge in [-0.05, 0) is 26.3 Å². The summed E-state index contributed by atoms with van der Waals surface area (Å²) in [5.41, 5.74) is 6.77. The summed E-state index contributed by atoms with van der Waals surface area (Å²) in [6.45, 7) is 4.22. The van der Waals surface area contributed by atoms with Crippen LogP contribution in [0.1, 0.15) is 19.4 Å². The molecule has 1 aliphatic rings. The number of rotatable bonds is 3. The van der Waals surface area contributed by atoms with Crippen molar-refractivity contribution in [2.24, 2.45) is 5.73 Å². The average Bonchev–Trinajstić information content (AvgIpc) is 2.62. The van der Waals surface area contributed by atoms with E-state index in [1.807, 2.05) is 26.0 Å². The van der Waals surface area contributed by atoms with Crippen LogP contribution in [0.3, 0.4) is 0 Å². The first-order chi connectivity index (χ1) is 7.51. The summed E-state index contributed by atoms with van der Waals surface area (Å²) in [5, 5.41) is 0. The number of benzene rings is 1. The maximum Gasteiger partial charge on any atom is 0.231 e. The Morgan fingerprint density at radius 2 is 2.12 bits per heavy atom. The second-order valence-corrected chi connectivity index (χ2v) is 4.66. The van der Waals surface area contributed by atoms with Gasteiger partial charge in [0, 0.05) is 11.1 Å². The standard InChI is InChI=1S/C12H17NO3/c1-12(2,13)6-8-4-5-9-11(10(8)14-3)16-7-15-9/h4-5H,6-7,13H2,1-3H3. The second kappa shape index (κ2) is 3.87. The van der Waals surface area contributed by atoms with Crippen LogP contribution in [0.4, 0.5) is 0 Å². The third kappa shape index (κ3) is 2.07. The molecule has 2 rings (SSSR count). The lowest BCUT2D eigenvalue weighted by atomic mass is 9.95. The Hall–Kier alpha value is -1.42. The highest BCUT2D eigenvalue weighted by molar-refractivity contribution is 5.57. The van der Waals surface area contributed by atoms with E-state index in [4.69, 9.17) is 19.9 Å². The molecule has 0 fully saturated rings. The fourth-order valence-corrected chi connectivity index (χ4v) is 1.84. The van der Waals surface area contributed by atoms with Crippen molar-refractivity contribution < 1.29 is 14.2 Å². The quantitative estimate of drug-likeness (QED) is 0.847. The van der Waals surface area contributed by atoms with Crippen LogP contribution < -0.4 is 19.9 Å². The first kappa shape index (κ1) is 11.1. The summed E-state index contributed by atoms with van der Waals surface area (Å²) in [6.07, 6.45) is 0.729. The monoisotopic (exact) mass is 223 g/mol. The van der Waals surface area contributed by atoms with Gasteiger partial charge >= 0.3 is 0 Å². The number of hydrogen-bond donors (Lipinski definition) is 1. The molecule has 0 atom stereocenters. The summed E-state index contributed by atoms with van der Waals surface area (Å²) < 4.78 is 16.1. The zero-order chi connectivity index (χ0) is 11.8. The van der Waals surface area contributed by atoms with Gasteiger partial charge in [0.1, 0.15) is 0 Å².